The quantitative estimate of drug-likeness (QED) is 0.411. The van der Waals surface area contributed by atoms with Crippen molar-refractivity contribution in [3.8, 4) is 0 Å². The fourth-order valence-electron chi connectivity index (χ4n) is 4.75. The summed E-state index contributed by atoms with van der Waals surface area (Å²) in [6.45, 7) is 3.00. The Kier molecular flexibility index (Phi) is 5.70. The van der Waals surface area contributed by atoms with Gasteiger partial charge in [-0.1, -0.05) is 25.8 Å². The van der Waals surface area contributed by atoms with Gasteiger partial charge in [0.15, 0.2) is 5.65 Å². The lowest BCUT2D eigenvalue weighted by Gasteiger charge is -2.31. The van der Waals surface area contributed by atoms with Crippen molar-refractivity contribution in [3.05, 3.63) is 47.9 Å². The van der Waals surface area contributed by atoms with E-state index in [2.05, 4.69) is 45.8 Å². The second-order valence-electron chi connectivity index (χ2n) is 8.80. The molecule has 0 spiro atoms. The first kappa shape index (κ1) is 20.8. The van der Waals surface area contributed by atoms with Gasteiger partial charge in [-0.05, 0) is 37.0 Å². The molecule has 3 heterocycles. The van der Waals surface area contributed by atoms with Crippen molar-refractivity contribution < 1.29 is 5.11 Å². The summed E-state index contributed by atoms with van der Waals surface area (Å²) < 4.78 is 3.91. The molecule has 2 unspecified atom stereocenters. The summed E-state index contributed by atoms with van der Waals surface area (Å²) >= 11 is 0. The number of aliphatic hydroxyl groups is 1. The van der Waals surface area contributed by atoms with Crippen LogP contribution in [-0.2, 0) is 20.0 Å². The van der Waals surface area contributed by atoms with Gasteiger partial charge in [0.2, 0.25) is 0 Å². The number of hydrogen-bond acceptors (Lipinski definition) is 6. The van der Waals surface area contributed by atoms with Crippen LogP contribution in [0.3, 0.4) is 0 Å². The Labute approximate surface area is 187 Å². The van der Waals surface area contributed by atoms with Crippen molar-refractivity contribution in [1.82, 2.24) is 24.1 Å². The third-order valence-electron chi connectivity index (χ3n) is 6.67. The van der Waals surface area contributed by atoms with E-state index in [9.17, 15) is 5.11 Å². The van der Waals surface area contributed by atoms with Crippen LogP contribution >= 0.6 is 0 Å². The van der Waals surface area contributed by atoms with Gasteiger partial charge in [-0.15, -0.1) is 0 Å². The Morgan fingerprint density at radius 1 is 1.19 bits per heavy atom. The second-order valence-corrected chi connectivity index (χ2v) is 8.80. The lowest BCUT2D eigenvalue weighted by molar-refractivity contribution is 0.178. The Morgan fingerprint density at radius 2 is 2.06 bits per heavy atom. The molecule has 168 valence electrons. The summed E-state index contributed by atoms with van der Waals surface area (Å²) in [6.07, 6.45) is 9.10. The van der Waals surface area contributed by atoms with Gasteiger partial charge in [0.25, 0.3) is 0 Å². The van der Waals surface area contributed by atoms with Gasteiger partial charge in [0, 0.05) is 43.8 Å². The summed E-state index contributed by atoms with van der Waals surface area (Å²) in [5.41, 5.74) is 5.27. The average molecular weight is 434 g/mol. The fourth-order valence-corrected chi connectivity index (χ4v) is 4.75. The zero-order valence-corrected chi connectivity index (χ0v) is 18.8. The van der Waals surface area contributed by atoms with E-state index >= 15 is 0 Å². The smallest absolute Gasteiger partial charge is 0.162 e. The van der Waals surface area contributed by atoms with E-state index in [0.717, 1.165) is 58.7 Å². The molecule has 8 nitrogen and oxygen atoms in total. The summed E-state index contributed by atoms with van der Waals surface area (Å²) in [6, 6.07) is 8.63. The molecule has 1 saturated carbocycles. The van der Waals surface area contributed by atoms with Gasteiger partial charge in [-0.25, -0.2) is 9.97 Å². The first-order chi connectivity index (χ1) is 15.7. The van der Waals surface area contributed by atoms with Crippen molar-refractivity contribution in [2.24, 2.45) is 13.0 Å². The summed E-state index contributed by atoms with van der Waals surface area (Å²) in [7, 11) is 2.01. The Hall–Kier alpha value is -3.13. The molecule has 32 heavy (non-hydrogen) atoms. The van der Waals surface area contributed by atoms with Crippen molar-refractivity contribution in [2.45, 2.75) is 51.6 Å². The van der Waals surface area contributed by atoms with Gasteiger partial charge in [-0.3, -0.25) is 0 Å². The van der Waals surface area contributed by atoms with Crippen LogP contribution in [0.25, 0.3) is 16.7 Å². The third kappa shape index (κ3) is 3.90. The number of nitrogens with zero attached hydrogens (tertiary/aromatic N) is 5. The van der Waals surface area contributed by atoms with E-state index in [0.29, 0.717) is 6.54 Å². The number of nitrogens with one attached hydrogen (secondary N) is 2. The van der Waals surface area contributed by atoms with Crippen molar-refractivity contribution in [2.75, 3.05) is 17.2 Å². The molecule has 4 aromatic rings. The molecule has 3 N–H and O–H groups in total. The maximum absolute atomic E-state index is 9.81. The molecule has 0 saturated heterocycles. The number of benzene rings is 1. The maximum Gasteiger partial charge on any atom is 0.162 e. The molecule has 5 rings (SSSR count). The van der Waals surface area contributed by atoms with Crippen LogP contribution in [0.1, 0.15) is 43.7 Å². The van der Waals surface area contributed by atoms with Crippen LogP contribution in [0.15, 0.2) is 36.8 Å². The van der Waals surface area contributed by atoms with Gasteiger partial charge >= 0.3 is 0 Å². The van der Waals surface area contributed by atoms with Gasteiger partial charge in [0.1, 0.15) is 11.6 Å². The van der Waals surface area contributed by atoms with Crippen molar-refractivity contribution >= 4 is 28.3 Å². The molecule has 0 aliphatic heterocycles. The highest BCUT2D eigenvalue weighted by Gasteiger charge is 2.25. The highest BCUT2D eigenvalue weighted by molar-refractivity contribution is 5.76. The number of aryl methyl sites for hydroxylation is 2. The SMILES string of the molecule is CCc1cnn2c(NCc3ccc4c(c3)ncn4C)cc(NC3CCCCC3CO)nc12. The highest BCUT2D eigenvalue weighted by atomic mass is 16.3. The van der Waals surface area contributed by atoms with Crippen molar-refractivity contribution in [1.29, 1.82) is 0 Å². The summed E-state index contributed by atoms with van der Waals surface area (Å²) in [4.78, 5) is 9.35. The number of fused-ring (bicyclic) bond motifs is 2. The average Bonchev–Trinajstić information content (AvgIpc) is 3.41. The number of aromatic nitrogens is 5. The molecule has 3 aromatic heterocycles. The normalized spacial score (nSPS) is 19.0. The molecule has 0 radical (unpaired) electrons. The standard InChI is InChI=1S/C24H31N7O/c1-3-17-13-27-31-23(25-12-16-8-9-21-20(10-16)26-15-30(21)2)11-22(29-24(17)31)28-19-7-5-4-6-18(19)14-32/h8-11,13,15,18-19,25,32H,3-7,12,14H2,1-2H3,(H,28,29). The van der Waals surface area contributed by atoms with Crippen LogP contribution in [0, 0.1) is 5.92 Å². The Morgan fingerprint density at radius 3 is 2.91 bits per heavy atom. The van der Waals surface area contributed by atoms with Crippen LogP contribution in [-0.4, -0.2) is 41.9 Å². The zero-order chi connectivity index (χ0) is 22.1. The lowest BCUT2D eigenvalue weighted by Crippen LogP contribution is -2.34. The predicted molar refractivity (Wildman–Crippen MR) is 127 cm³/mol. The molecule has 1 aromatic carbocycles. The van der Waals surface area contributed by atoms with E-state index in [4.69, 9.17) is 4.98 Å². The van der Waals surface area contributed by atoms with E-state index in [1.807, 2.05) is 34.7 Å². The van der Waals surface area contributed by atoms with E-state index < -0.39 is 0 Å². The third-order valence-corrected chi connectivity index (χ3v) is 6.67. The highest BCUT2D eigenvalue weighted by Crippen LogP contribution is 2.28. The first-order valence-corrected chi connectivity index (χ1v) is 11.5. The fraction of sp³-hybridized carbons (Fsp3) is 0.458. The monoisotopic (exact) mass is 433 g/mol. The number of rotatable bonds is 7. The maximum atomic E-state index is 9.81. The molecule has 0 amide bonds. The Bertz CT molecular complexity index is 1230. The molecule has 8 heteroatoms. The molecule has 1 aliphatic carbocycles. The molecule has 1 fully saturated rings. The number of hydrogen-bond donors (Lipinski definition) is 3. The minimum absolute atomic E-state index is 0.216. The molecule has 0 bridgehead atoms. The van der Waals surface area contributed by atoms with Gasteiger partial charge in [0.05, 0.1) is 23.6 Å². The van der Waals surface area contributed by atoms with Crippen LogP contribution < -0.4 is 10.6 Å². The van der Waals surface area contributed by atoms with Crippen LogP contribution in [0.5, 0.6) is 0 Å². The molecular formula is C24H31N7O. The zero-order valence-electron chi connectivity index (χ0n) is 18.8. The second kappa shape index (κ2) is 8.78. The summed E-state index contributed by atoms with van der Waals surface area (Å²) in [5, 5.41) is 21.6. The van der Waals surface area contributed by atoms with Gasteiger partial charge < -0.3 is 20.3 Å². The largest absolute Gasteiger partial charge is 0.396 e. The minimum atomic E-state index is 0.216. The number of anilines is 2. The van der Waals surface area contributed by atoms with E-state index in [1.165, 1.54) is 12.8 Å². The van der Waals surface area contributed by atoms with E-state index in [1.54, 1.807) is 0 Å². The lowest BCUT2D eigenvalue weighted by atomic mass is 9.85. The first-order valence-electron chi connectivity index (χ1n) is 11.5. The minimum Gasteiger partial charge on any atom is -0.396 e. The van der Waals surface area contributed by atoms with Crippen LogP contribution in [0.2, 0.25) is 0 Å². The van der Waals surface area contributed by atoms with Crippen LogP contribution in [0.4, 0.5) is 11.6 Å². The van der Waals surface area contributed by atoms with Gasteiger partial charge in [-0.2, -0.15) is 9.61 Å². The Balaban J connectivity index is 1.43. The number of imidazole rings is 1. The predicted octanol–water partition coefficient (Wildman–Crippen LogP) is 3.75. The topological polar surface area (TPSA) is 92.3 Å². The molecule has 2 atom stereocenters. The number of aliphatic hydroxyl groups excluding tert-OH is 1. The summed E-state index contributed by atoms with van der Waals surface area (Å²) in [5.74, 6) is 2.01. The van der Waals surface area contributed by atoms with Crippen molar-refractivity contribution in [3.63, 3.8) is 0 Å². The van der Waals surface area contributed by atoms with E-state index in [-0.39, 0.29) is 18.6 Å². The molecular weight excluding hydrogens is 402 g/mol. The molecule has 1 aliphatic rings.